The van der Waals surface area contributed by atoms with Gasteiger partial charge in [-0.25, -0.2) is 0 Å². The second-order valence-electron chi connectivity index (χ2n) is 3.50. The number of halogens is 1. The topological polar surface area (TPSA) is 44.1 Å². The van der Waals surface area contributed by atoms with Crippen molar-refractivity contribution in [2.75, 3.05) is 7.05 Å². The van der Waals surface area contributed by atoms with E-state index in [0.29, 0.717) is 11.6 Å². The van der Waals surface area contributed by atoms with Crippen molar-refractivity contribution in [3.8, 4) is 6.07 Å². The van der Waals surface area contributed by atoms with Crippen molar-refractivity contribution in [1.29, 1.82) is 5.26 Å². The molecule has 0 aliphatic carbocycles. The predicted octanol–water partition coefficient (Wildman–Crippen LogP) is 2.60. The molecule has 0 spiro atoms. The summed E-state index contributed by atoms with van der Waals surface area (Å²) in [5.41, 5.74) is 0.914. The third kappa shape index (κ3) is 3.56. The first kappa shape index (κ1) is 12.5. The molecule has 0 aliphatic heterocycles. The Hall–Kier alpha value is -1.53. The number of carbonyl (C=O) groups excluding carboxylic acids is 1. The van der Waals surface area contributed by atoms with Crippen LogP contribution in [0.2, 0.25) is 5.02 Å². The molecule has 0 aromatic heterocycles. The smallest absolute Gasteiger partial charge is 0.223 e. The minimum Gasteiger partial charge on any atom is -0.341 e. The zero-order chi connectivity index (χ0) is 12.0. The summed E-state index contributed by atoms with van der Waals surface area (Å²) >= 11 is 5.99. The average molecular weight is 237 g/mol. The summed E-state index contributed by atoms with van der Waals surface area (Å²) in [7, 11) is 1.71. The first-order valence-corrected chi connectivity index (χ1v) is 5.37. The first-order valence-electron chi connectivity index (χ1n) is 4.99. The number of nitrogens with zero attached hydrogens (tertiary/aromatic N) is 2. The Morgan fingerprint density at radius 2 is 2.19 bits per heavy atom. The predicted molar refractivity (Wildman–Crippen MR) is 62.8 cm³/mol. The summed E-state index contributed by atoms with van der Waals surface area (Å²) < 4.78 is 0. The number of hydrogen-bond donors (Lipinski definition) is 0. The molecule has 1 amide bonds. The van der Waals surface area contributed by atoms with Gasteiger partial charge in [0.2, 0.25) is 5.91 Å². The maximum atomic E-state index is 11.5. The lowest BCUT2D eigenvalue weighted by atomic mass is 10.2. The highest BCUT2D eigenvalue weighted by Crippen LogP contribution is 2.16. The van der Waals surface area contributed by atoms with E-state index in [0.717, 1.165) is 5.56 Å². The summed E-state index contributed by atoms with van der Waals surface area (Å²) in [4.78, 5) is 13.1. The molecular formula is C12H13ClN2O. The van der Waals surface area contributed by atoms with Crippen LogP contribution in [0.5, 0.6) is 0 Å². The van der Waals surface area contributed by atoms with Crippen LogP contribution in [0.3, 0.4) is 0 Å². The molecule has 0 aliphatic rings. The fourth-order valence-electron chi connectivity index (χ4n) is 1.32. The Bertz CT molecular complexity index is 412. The SMILES string of the molecule is CN(Cc1ccccc1Cl)C(=O)CCC#N. The fraction of sp³-hybridized carbons (Fsp3) is 0.333. The summed E-state index contributed by atoms with van der Waals surface area (Å²) in [6.45, 7) is 0.476. The van der Waals surface area contributed by atoms with Crippen molar-refractivity contribution in [3.05, 3.63) is 34.9 Å². The largest absolute Gasteiger partial charge is 0.341 e. The van der Waals surface area contributed by atoms with E-state index in [2.05, 4.69) is 0 Å². The molecule has 0 saturated carbocycles. The van der Waals surface area contributed by atoms with Crippen LogP contribution < -0.4 is 0 Å². The molecule has 0 fully saturated rings. The van der Waals surface area contributed by atoms with Crippen molar-refractivity contribution >= 4 is 17.5 Å². The van der Waals surface area contributed by atoms with Gasteiger partial charge < -0.3 is 4.90 Å². The molecule has 1 aromatic rings. The van der Waals surface area contributed by atoms with Crippen LogP contribution in [0.15, 0.2) is 24.3 Å². The summed E-state index contributed by atoms with van der Waals surface area (Å²) in [5.74, 6) is -0.0403. The Balaban J connectivity index is 2.58. The number of nitriles is 1. The van der Waals surface area contributed by atoms with Crippen LogP contribution >= 0.6 is 11.6 Å². The van der Waals surface area contributed by atoms with Gasteiger partial charge in [0.15, 0.2) is 0 Å². The van der Waals surface area contributed by atoms with E-state index in [-0.39, 0.29) is 18.7 Å². The normalized spacial score (nSPS) is 9.56. The highest BCUT2D eigenvalue weighted by Gasteiger charge is 2.10. The molecule has 0 N–H and O–H groups in total. The fourth-order valence-corrected chi connectivity index (χ4v) is 1.52. The zero-order valence-corrected chi connectivity index (χ0v) is 9.87. The quantitative estimate of drug-likeness (QED) is 0.807. The molecule has 0 radical (unpaired) electrons. The molecule has 0 unspecified atom stereocenters. The van der Waals surface area contributed by atoms with Gasteiger partial charge in [0, 0.05) is 31.5 Å². The van der Waals surface area contributed by atoms with Crippen molar-refractivity contribution in [2.45, 2.75) is 19.4 Å². The first-order chi connectivity index (χ1) is 7.65. The van der Waals surface area contributed by atoms with Gasteiger partial charge in [0.05, 0.1) is 6.07 Å². The van der Waals surface area contributed by atoms with Crippen molar-refractivity contribution < 1.29 is 4.79 Å². The van der Waals surface area contributed by atoms with E-state index in [1.54, 1.807) is 18.0 Å². The van der Waals surface area contributed by atoms with Crippen LogP contribution in [0.4, 0.5) is 0 Å². The van der Waals surface area contributed by atoms with Gasteiger partial charge >= 0.3 is 0 Å². The molecule has 16 heavy (non-hydrogen) atoms. The number of amides is 1. The molecule has 1 aromatic carbocycles. The van der Waals surface area contributed by atoms with Gasteiger partial charge in [0.25, 0.3) is 0 Å². The van der Waals surface area contributed by atoms with Gasteiger partial charge in [-0.3, -0.25) is 4.79 Å². The van der Waals surface area contributed by atoms with E-state index >= 15 is 0 Å². The van der Waals surface area contributed by atoms with Gasteiger partial charge in [0.1, 0.15) is 0 Å². The van der Waals surface area contributed by atoms with E-state index in [1.165, 1.54) is 0 Å². The van der Waals surface area contributed by atoms with Crippen LogP contribution in [-0.4, -0.2) is 17.9 Å². The summed E-state index contributed by atoms with van der Waals surface area (Å²) in [5, 5.41) is 9.04. The van der Waals surface area contributed by atoms with Gasteiger partial charge in [-0.2, -0.15) is 5.26 Å². The molecule has 0 heterocycles. The molecule has 3 nitrogen and oxygen atoms in total. The van der Waals surface area contributed by atoms with Crippen LogP contribution in [0.1, 0.15) is 18.4 Å². The molecule has 1 rings (SSSR count). The lowest BCUT2D eigenvalue weighted by Crippen LogP contribution is -2.25. The number of hydrogen-bond acceptors (Lipinski definition) is 2. The third-order valence-corrected chi connectivity index (χ3v) is 2.61. The van der Waals surface area contributed by atoms with E-state index < -0.39 is 0 Å². The third-order valence-electron chi connectivity index (χ3n) is 2.24. The minimum absolute atomic E-state index is 0.0403. The second kappa shape index (κ2) is 6.14. The standard InChI is InChI=1S/C12H13ClN2O/c1-15(12(16)7-4-8-14)9-10-5-2-3-6-11(10)13/h2-3,5-6H,4,7,9H2,1H3. The van der Waals surface area contributed by atoms with Crippen LogP contribution in [0, 0.1) is 11.3 Å². The van der Waals surface area contributed by atoms with Crippen molar-refractivity contribution in [2.24, 2.45) is 0 Å². The van der Waals surface area contributed by atoms with E-state index in [9.17, 15) is 4.79 Å². The molecule has 0 atom stereocenters. The Labute approximate surface area is 100 Å². The van der Waals surface area contributed by atoms with Gasteiger partial charge in [-0.15, -0.1) is 0 Å². The Morgan fingerprint density at radius 3 is 2.81 bits per heavy atom. The summed E-state index contributed by atoms with van der Waals surface area (Å²) in [6.07, 6.45) is 0.517. The van der Waals surface area contributed by atoms with Crippen LogP contribution in [-0.2, 0) is 11.3 Å². The molecule has 0 bridgehead atoms. The van der Waals surface area contributed by atoms with Crippen LogP contribution in [0.25, 0.3) is 0 Å². The zero-order valence-electron chi connectivity index (χ0n) is 9.11. The molecule has 84 valence electrons. The number of benzene rings is 1. The molecular weight excluding hydrogens is 224 g/mol. The van der Waals surface area contributed by atoms with Crippen molar-refractivity contribution in [1.82, 2.24) is 4.90 Å². The number of carbonyl (C=O) groups is 1. The Kier molecular flexibility index (Phi) is 4.81. The highest BCUT2D eigenvalue weighted by molar-refractivity contribution is 6.31. The monoisotopic (exact) mass is 236 g/mol. The molecule has 4 heteroatoms. The van der Waals surface area contributed by atoms with Gasteiger partial charge in [-0.1, -0.05) is 29.8 Å². The average Bonchev–Trinajstić information content (AvgIpc) is 2.28. The number of rotatable bonds is 4. The summed E-state index contributed by atoms with van der Waals surface area (Å²) in [6, 6.07) is 9.37. The molecule has 0 saturated heterocycles. The van der Waals surface area contributed by atoms with Gasteiger partial charge in [-0.05, 0) is 11.6 Å². The lowest BCUT2D eigenvalue weighted by Gasteiger charge is -2.17. The highest BCUT2D eigenvalue weighted by atomic mass is 35.5. The maximum Gasteiger partial charge on any atom is 0.223 e. The minimum atomic E-state index is -0.0403. The Morgan fingerprint density at radius 1 is 1.50 bits per heavy atom. The van der Waals surface area contributed by atoms with Crippen molar-refractivity contribution in [3.63, 3.8) is 0 Å². The second-order valence-corrected chi connectivity index (χ2v) is 3.91. The van der Waals surface area contributed by atoms with E-state index in [4.69, 9.17) is 16.9 Å². The maximum absolute atomic E-state index is 11.5. The van der Waals surface area contributed by atoms with E-state index in [1.807, 2.05) is 24.3 Å². The lowest BCUT2D eigenvalue weighted by molar-refractivity contribution is -0.130.